The van der Waals surface area contributed by atoms with Crippen LogP contribution in [0.2, 0.25) is 0 Å². The molecule has 2 aromatic heterocycles. The normalized spacial score (nSPS) is 19.7. The van der Waals surface area contributed by atoms with Gasteiger partial charge in [0, 0.05) is 17.6 Å². The minimum Gasteiger partial charge on any atom is -0.240 e. The van der Waals surface area contributed by atoms with Crippen LogP contribution in [0, 0.1) is 13.8 Å². The molecular formula is C14H18N4O2S2. The summed E-state index contributed by atoms with van der Waals surface area (Å²) < 4.78 is 25.4. The summed E-state index contributed by atoms with van der Waals surface area (Å²) >= 11 is 1.54. The van der Waals surface area contributed by atoms with Crippen LogP contribution in [0.4, 0.5) is 0 Å². The van der Waals surface area contributed by atoms with E-state index < -0.39 is 10.0 Å². The standard InChI is InChI=1S/C14H18N4O2S2/c1-9-8-21-14(15-9)12-7-11(16-10(2)17-12)13-5-4-6-18(13)22(3,19)20/h7-8,13H,4-6H2,1-3H3/t13-/m0/s1. The van der Waals surface area contributed by atoms with E-state index in [1.807, 2.05) is 25.3 Å². The largest absolute Gasteiger partial charge is 0.240 e. The van der Waals surface area contributed by atoms with Crippen LogP contribution in [0.25, 0.3) is 10.7 Å². The number of rotatable bonds is 3. The van der Waals surface area contributed by atoms with Crippen molar-refractivity contribution in [1.29, 1.82) is 0 Å². The summed E-state index contributed by atoms with van der Waals surface area (Å²) in [5.41, 5.74) is 2.48. The first-order valence-electron chi connectivity index (χ1n) is 7.09. The Morgan fingerprint density at radius 1 is 1.27 bits per heavy atom. The molecule has 1 aliphatic heterocycles. The molecule has 0 unspecified atom stereocenters. The quantitative estimate of drug-likeness (QED) is 0.858. The van der Waals surface area contributed by atoms with Gasteiger partial charge in [0.25, 0.3) is 0 Å². The summed E-state index contributed by atoms with van der Waals surface area (Å²) in [6.07, 6.45) is 2.90. The third kappa shape index (κ3) is 3.04. The van der Waals surface area contributed by atoms with Gasteiger partial charge < -0.3 is 0 Å². The summed E-state index contributed by atoms with van der Waals surface area (Å²) in [6.45, 7) is 4.32. The maximum Gasteiger partial charge on any atom is 0.211 e. The first-order valence-corrected chi connectivity index (χ1v) is 9.82. The summed E-state index contributed by atoms with van der Waals surface area (Å²) in [6, 6.07) is 1.68. The lowest BCUT2D eigenvalue weighted by molar-refractivity contribution is 0.393. The highest BCUT2D eigenvalue weighted by atomic mass is 32.2. The van der Waals surface area contributed by atoms with Crippen molar-refractivity contribution in [2.75, 3.05) is 12.8 Å². The molecule has 0 aliphatic carbocycles. The molecule has 0 saturated carbocycles. The van der Waals surface area contributed by atoms with Crippen LogP contribution in [-0.2, 0) is 10.0 Å². The lowest BCUT2D eigenvalue weighted by atomic mass is 10.1. The highest BCUT2D eigenvalue weighted by Gasteiger charge is 2.34. The zero-order valence-electron chi connectivity index (χ0n) is 12.8. The van der Waals surface area contributed by atoms with Gasteiger partial charge in [-0.1, -0.05) is 0 Å². The molecule has 3 rings (SSSR count). The average Bonchev–Trinajstić information content (AvgIpc) is 3.05. The van der Waals surface area contributed by atoms with E-state index in [1.54, 1.807) is 0 Å². The SMILES string of the molecule is Cc1csc(-c2cc([C@@H]3CCCN3S(C)(=O)=O)nc(C)n2)n1. The van der Waals surface area contributed by atoms with Gasteiger partial charge in [-0.25, -0.2) is 23.4 Å². The number of nitrogens with zero attached hydrogens (tertiary/aromatic N) is 4. The van der Waals surface area contributed by atoms with Crippen LogP contribution in [0.3, 0.4) is 0 Å². The van der Waals surface area contributed by atoms with Crippen LogP contribution < -0.4 is 0 Å². The third-order valence-electron chi connectivity index (χ3n) is 3.67. The minimum atomic E-state index is -3.23. The van der Waals surface area contributed by atoms with Crippen molar-refractivity contribution in [3.63, 3.8) is 0 Å². The fraction of sp³-hybridized carbons (Fsp3) is 0.500. The fourth-order valence-corrected chi connectivity index (χ4v) is 4.67. The van der Waals surface area contributed by atoms with Gasteiger partial charge in [-0.05, 0) is 32.8 Å². The Morgan fingerprint density at radius 2 is 2.05 bits per heavy atom. The second-order valence-corrected chi connectivity index (χ2v) is 8.34. The first kappa shape index (κ1) is 15.5. The van der Waals surface area contributed by atoms with E-state index in [4.69, 9.17) is 0 Å². The van der Waals surface area contributed by atoms with Gasteiger partial charge >= 0.3 is 0 Å². The van der Waals surface area contributed by atoms with E-state index in [9.17, 15) is 8.42 Å². The van der Waals surface area contributed by atoms with E-state index in [2.05, 4.69) is 15.0 Å². The van der Waals surface area contributed by atoms with Crippen LogP contribution in [0.1, 0.15) is 36.1 Å². The Kier molecular flexibility index (Phi) is 4.00. The van der Waals surface area contributed by atoms with Crippen LogP contribution in [0.5, 0.6) is 0 Å². The van der Waals surface area contributed by atoms with Crippen LogP contribution >= 0.6 is 11.3 Å². The van der Waals surface area contributed by atoms with Crippen molar-refractivity contribution >= 4 is 21.4 Å². The number of hydrogen-bond acceptors (Lipinski definition) is 6. The molecule has 0 N–H and O–H groups in total. The summed E-state index contributed by atoms with van der Waals surface area (Å²) in [4.78, 5) is 13.4. The molecule has 6 nitrogen and oxygen atoms in total. The van der Waals surface area contributed by atoms with E-state index >= 15 is 0 Å². The molecular weight excluding hydrogens is 320 g/mol. The van der Waals surface area contributed by atoms with Crippen molar-refractivity contribution in [2.24, 2.45) is 0 Å². The molecule has 2 aromatic rings. The maximum atomic E-state index is 11.9. The fourth-order valence-electron chi connectivity index (χ4n) is 2.78. The topological polar surface area (TPSA) is 76.1 Å². The van der Waals surface area contributed by atoms with Gasteiger partial charge in [0.1, 0.15) is 16.5 Å². The highest BCUT2D eigenvalue weighted by molar-refractivity contribution is 7.88. The molecule has 22 heavy (non-hydrogen) atoms. The maximum absolute atomic E-state index is 11.9. The van der Waals surface area contributed by atoms with Gasteiger partial charge in [-0.15, -0.1) is 11.3 Å². The Morgan fingerprint density at radius 3 is 2.68 bits per heavy atom. The van der Waals surface area contributed by atoms with E-state index in [0.717, 1.165) is 34.9 Å². The van der Waals surface area contributed by atoms with Gasteiger partial charge in [0.05, 0.1) is 18.0 Å². The predicted octanol–water partition coefficient (Wildman–Crippen LogP) is 2.31. The molecule has 8 heteroatoms. The third-order valence-corrected chi connectivity index (χ3v) is 5.94. The van der Waals surface area contributed by atoms with E-state index in [0.29, 0.717) is 12.4 Å². The Labute approximate surface area is 134 Å². The minimum absolute atomic E-state index is 0.198. The van der Waals surface area contributed by atoms with E-state index in [1.165, 1.54) is 21.9 Å². The Balaban J connectivity index is 2.03. The van der Waals surface area contributed by atoms with Crippen molar-refractivity contribution in [3.05, 3.63) is 28.7 Å². The van der Waals surface area contributed by atoms with Gasteiger partial charge in [-0.2, -0.15) is 4.31 Å². The molecule has 0 amide bonds. The number of aryl methyl sites for hydroxylation is 2. The van der Waals surface area contributed by atoms with Crippen LogP contribution in [-0.4, -0.2) is 40.5 Å². The Hall–Kier alpha value is -1.38. The van der Waals surface area contributed by atoms with Crippen LogP contribution in [0.15, 0.2) is 11.4 Å². The number of thiazole rings is 1. The first-order chi connectivity index (χ1) is 10.3. The summed E-state index contributed by atoms with van der Waals surface area (Å²) in [7, 11) is -3.23. The van der Waals surface area contributed by atoms with Gasteiger partial charge in [0.2, 0.25) is 10.0 Å². The lowest BCUT2D eigenvalue weighted by Crippen LogP contribution is -2.30. The zero-order valence-corrected chi connectivity index (χ0v) is 14.4. The summed E-state index contributed by atoms with van der Waals surface area (Å²) in [5, 5.41) is 2.82. The second kappa shape index (κ2) is 5.68. The highest BCUT2D eigenvalue weighted by Crippen LogP contribution is 2.34. The second-order valence-electron chi connectivity index (χ2n) is 5.55. The molecule has 1 fully saturated rings. The Bertz CT molecular complexity index is 801. The number of sulfonamides is 1. The van der Waals surface area contributed by atoms with Crippen molar-refractivity contribution < 1.29 is 8.42 Å². The average molecular weight is 338 g/mol. The number of hydrogen-bond donors (Lipinski definition) is 0. The molecule has 1 aliphatic rings. The summed E-state index contributed by atoms with van der Waals surface area (Å²) in [5.74, 6) is 0.640. The lowest BCUT2D eigenvalue weighted by Gasteiger charge is -2.22. The van der Waals surface area contributed by atoms with Gasteiger partial charge in [0.15, 0.2) is 0 Å². The van der Waals surface area contributed by atoms with Gasteiger partial charge in [-0.3, -0.25) is 0 Å². The monoisotopic (exact) mass is 338 g/mol. The van der Waals surface area contributed by atoms with Crippen molar-refractivity contribution in [1.82, 2.24) is 19.3 Å². The molecule has 0 spiro atoms. The smallest absolute Gasteiger partial charge is 0.211 e. The molecule has 0 aromatic carbocycles. The molecule has 118 valence electrons. The van der Waals surface area contributed by atoms with Crippen molar-refractivity contribution in [2.45, 2.75) is 32.7 Å². The van der Waals surface area contributed by atoms with Crippen molar-refractivity contribution in [3.8, 4) is 10.7 Å². The molecule has 0 radical (unpaired) electrons. The number of aromatic nitrogens is 3. The van der Waals surface area contributed by atoms with E-state index in [-0.39, 0.29) is 6.04 Å². The molecule has 3 heterocycles. The zero-order chi connectivity index (χ0) is 15.9. The molecule has 1 saturated heterocycles. The predicted molar refractivity (Wildman–Crippen MR) is 86.1 cm³/mol. The molecule has 0 bridgehead atoms. The molecule has 1 atom stereocenters.